The van der Waals surface area contributed by atoms with E-state index in [0.29, 0.717) is 16.9 Å². The summed E-state index contributed by atoms with van der Waals surface area (Å²) < 4.78 is 4.45. The molecule has 2 heterocycles. The Morgan fingerprint density at radius 1 is 0.458 bits per heavy atom. The molecule has 0 unspecified atom stereocenters. The molecule has 9 rings (SSSR count). The summed E-state index contributed by atoms with van der Waals surface area (Å²) in [6, 6.07) is 56.5. The van der Waals surface area contributed by atoms with Crippen LogP contribution in [-0.4, -0.2) is 9.13 Å². The Kier molecular flexibility index (Phi) is 6.22. The molecule has 4 nitrogen and oxygen atoms in total. The van der Waals surface area contributed by atoms with E-state index in [4.69, 9.17) is 6.57 Å². The first-order valence-corrected chi connectivity index (χ1v) is 15.9. The fourth-order valence-corrected chi connectivity index (χ4v) is 7.31. The van der Waals surface area contributed by atoms with Gasteiger partial charge in [0.05, 0.1) is 45.6 Å². The number of rotatable bonds is 4. The maximum atomic E-state index is 10.5. The molecule has 0 spiro atoms. The summed E-state index contributed by atoms with van der Waals surface area (Å²) in [4.78, 5) is 4.01. The second-order valence-corrected chi connectivity index (χ2v) is 11.9. The fraction of sp³-hybridized carbons (Fsp3) is 0. The number of hydrogen-bond donors (Lipinski definition) is 0. The van der Waals surface area contributed by atoms with Crippen LogP contribution in [0.3, 0.4) is 0 Å². The number of aromatic nitrogens is 2. The van der Waals surface area contributed by atoms with Crippen LogP contribution in [0, 0.1) is 17.9 Å². The van der Waals surface area contributed by atoms with E-state index in [-0.39, 0.29) is 0 Å². The van der Waals surface area contributed by atoms with Crippen LogP contribution >= 0.6 is 0 Å². The molecule has 0 saturated heterocycles. The molecule has 2 aromatic heterocycles. The van der Waals surface area contributed by atoms with Crippen LogP contribution in [0.1, 0.15) is 5.56 Å². The zero-order valence-corrected chi connectivity index (χ0v) is 25.8. The van der Waals surface area contributed by atoms with Crippen molar-refractivity contribution in [3.63, 3.8) is 0 Å². The predicted molar refractivity (Wildman–Crippen MR) is 197 cm³/mol. The van der Waals surface area contributed by atoms with E-state index >= 15 is 0 Å². The van der Waals surface area contributed by atoms with Crippen molar-refractivity contribution in [2.24, 2.45) is 0 Å². The third-order valence-corrected chi connectivity index (χ3v) is 9.39. The Morgan fingerprint density at radius 3 is 1.44 bits per heavy atom. The van der Waals surface area contributed by atoms with Gasteiger partial charge in [-0.05, 0) is 65.2 Å². The van der Waals surface area contributed by atoms with Gasteiger partial charge in [0.1, 0.15) is 6.07 Å². The summed E-state index contributed by atoms with van der Waals surface area (Å²) in [6.07, 6.45) is 0. The zero-order chi connectivity index (χ0) is 32.2. The first-order chi connectivity index (χ1) is 23.7. The Bertz CT molecular complexity index is 2710. The molecular weight excluding hydrogens is 585 g/mol. The van der Waals surface area contributed by atoms with Crippen molar-refractivity contribution < 1.29 is 0 Å². The molecule has 7 aromatic carbocycles. The third-order valence-electron chi connectivity index (χ3n) is 9.39. The van der Waals surface area contributed by atoms with Crippen LogP contribution in [-0.2, 0) is 0 Å². The highest BCUT2D eigenvalue weighted by atomic mass is 15.0. The topological polar surface area (TPSA) is 38.0 Å². The van der Waals surface area contributed by atoms with Gasteiger partial charge in [-0.3, -0.25) is 0 Å². The van der Waals surface area contributed by atoms with Gasteiger partial charge < -0.3 is 9.13 Å². The summed E-state index contributed by atoms with van der Waals surface area (Å²) in [5.74, 6) is 0. The van der Waals surface area contributed by atoms with Crippen molar-refractivity contribution in [2.45, 2.75) is 0 Å². The highest BCUT2D eigenvalue weighted by Crippen LogP contribution is 2.41. The zero-order valence-electron chi connectivity index (χ0n) is 25.8. The van der Waals surface area contributed by atoms with Crippen LogP contribution in [0.2, 0.25) is 0 Å². The van der Waals surface area contributed by atoms with Crippen molar-refractivity contribution in [2.75, 3.05) is 0 Å². The minimum atomic E-state index is 0.499. The van der Waals surface area contributed by atoms with Gasteiger partial charge >= 0.3 is 0 Å². The van der Waals surface area contributed by atoms with Gasteiger partial charge in [0, 0.05) is 27.1 Å². The summed E-state index contributed by atoms with van der Waals surface area (Å²) in [5, 5.41) is 15.2. The normalized spacial score (nSPS) is 11.3. The molecule has 0 N–H and O–H groups in total. The largest absolute Gasteiger partial charge is 0.309 e. The molecule has 0 aliphatic heterocycles. The lowest BCUT2D eigenvalue weighted by Gasteiger charge is -2.16. The average Bonchev–Trinajstić information content (AvgIpc) is 3.67. The maximum Gasteiger partial charge on any atom is 0.197 e. The molecule has 0 bridgehead atoms. The Balaban J connectivity index is 1.23. The van der Waals surface area contributed by atoms with Gasteiger partial charge in [-0.2, -0.15) is 5.26 Å². The van der Waals surface area contributed by atoms with E-state index in [1.54, 1.807) is 0 Å². The number of fused-ring (bicyclic) bond motifs is 6. The number of hydrogen-bond acceptors (Lipinski definition) is 1. The number of nitriles is 1. The maximum absolute atomic E-state index is 10.5. The monoisotopic (exact) mass is 610 g/mol. The van der Waals surface area contributed by atoms with Gasteiger partial charge in [0.15, 0.2) is 5.69 Å². The lowest BCUT2D eigenvalue weighted by atomic mass is 9.95. The van der Waals surface area contributed by atoms with E-state index < -0.39 is 0 Å². The smallest absolute Gasteiger partial charge is 0.197 e. The van der Waals surface area contributed by atoms with Crippen LogP contribution in [0.15, 0.2) is 158 Å². The average molecular weight is 611 g/mol. The SMILES string of the molecule is [C-]#[N+]c1cc(-n2c3ccccc3c3ccccc32)c(C#N)cc1-c1cccc(-c2ccccc2-n2c3ccccc3c3ccccc32)c1. The molecule has 0 radical (unpaired) electrons. The Hall–Kier alpha value is -6.88. The second-order valence-electron chi connectivity index (χ2n) is 11.9. The van der Waals surface area contributed by atoms with Crippen molar-refractivity contribution in [3.8, 4) is 39.7 Å². The van der Waals surface area contributed by atoms with Crippen LogP contribution in [0.5, 0.6) is 0 Å². The highest BCUT2D eigenvalue weighted by Gasteiger charge is 2.19. The van der Waals surface area contributed by atoms with Crippen molar-refractivity contribution in [1.82, 2.24) is 9.13 Å². The molecule has 0 saturated carbocycles. The Morgan fingerprint density at radius 2 is 0.917 bits per heavy atom. The minimum absolute atomic E-state index is 0.499. The van der Waals surface area contributed by atoms with Gasteiger partial charge in [-0.25, -0.2) is 4.85 Å². The molecule has 222 valence electrons. The molecule has 9 aromatic rings. The number of benzene rings is 7. The molecule has 0 fully saturated rings. The third kappa shape index (κ3) is 4.07. The van der Waals surface area contributed by atoms with Crippen LogP contribution in [0.25, 0.3) is 82.1 Å². The van der Waals surface area contributed by atoms with E-state index in [2.05, 4.69) is 129 Å². The van der Waals surface area contributed by atoms with Crippen molar-refractivity contribution >= 4 is 49.3 Å². The van der Waals surface area contributed by atoms with Crippen molar-refractivity contribution in [3.05, 3.63) is 175 Å². The first-order valence-electron chi connectivity index (χ1n) is 15.9. The molecule has 48 heavy (non-hydrogen) atoms. The lowest BCUT2D eigenvalue weighted by molar-refractivity contribution is 1.17. The van der Waals surface area contributed by atoms with Crippen LogP contribution in [0.4, 0.5) is 5.69 Å². The summed E-state index contributed by atoms with van der Waals surface area (Å²) in [6.45, 7) is 8.24. The van der Waals surface area contributed by atoms with E-state index in [1.807, 2.05) is 48.5 Å². The standard InChI is InChI=1S/C44H26N4/c1-46-38-27-44(48-42-23-10-5-18-35(42)36-19-6-11-24-43(36)48)31(28-45)26-37(38)30-14-12-13-29(25-30)32-15-2-7-20-39(32)47-40-21-8-3-16-33(40)34-17-4-9-22-41(34)47/h2-27H. The van der Waals surface area contributed by atoms with E-state index in [1.165, 1.54) is 10.8 Å². The van der Waals surface area contributed by atoms with E-state index in [0.717, 1.165) is 60.8 Å². The number of para-hydroxylation sites is 5. The molecule has 0 atom stereocenters. The van der Waals surface area contributed by atoms with Gasteiger partial charge in [0.2, 0.25) is 0 Å². The Labute approximate surface area is 277 Å². The molecule has 0 amide bonds. The van der Waals surface area contributed by atoms with Gasteiger partial charge in [-0.1, -0.05) is 109 Å². The highest BCUT2D eigenvalue weighted by molar-refractivity contribution is 6.10. The molecular formula is C44H26N4. The van der Waals surface area contributed by atoms with Crippen molar-refractivity contribution in [1.29, 1.82) is 5.26 Å². The summed E-state index contributed by atoms with van der Waals surface area (Å²) in [5.41, 5.74) is 10.8. The second kappa shape index (κ2) is 10.9. The lowest BCUT2D eigenvalue weighted by Crippen LogP contribution is -1.99. The van der Waals surface area contributed by atoms with Gasteiger partial charge in [0.25, 0.3) is 0 Å². The first kappa shape index (κ1) is 27.4. The number of nitrogens with zero attached hydrogens (tertiary/aromatic N) is 4. The van der Waals surface area contributed by atoms with E-state index in [9.17, 15) is 5.26 Å². The quantitative estimate of drug-likeness (QED) is 0.183. The molecule has 4 heteroatoms. The summed E-state index contributed by atoms with van der Waals surface area (Å²) in [7, 11) is 0. The predicted octanol–water partition coefficient (Wildman–Crippen LogP) is 11.6. The van der Waals surface area contributed by atoms with Crippen LogP contribution < -0.4 is 0 Å². The molecule has 0 aliphatic rings. The van der Waals surface area contributed by atoms with Gasteiger partial charge in [-0.15, -0.1) is 0 Å². The summed E-state index contributed by atoms with van der Waals surface area (Å²) >= 11 is 0. The fourth-order valence-electron chi connectivity index (χ4n) is 7.31. The molecule has 0 aliphatic carbocycles. The minimum Gasteiger partial charge on any atom is -0.309 e.